The predicted molar refractivity (Wildman–Crippen MR) is 86.7 cm³/mol. The van der Waals surface area contributed by atoms with Crippen molar-refractivity contribution in [3.63, 3.8) is 0 Å². The van der Waals surface area contributed by atoms with Gasteiger partial charge in [-0.3, -0.25) is 0 Å². The van der Waals surface area contributed by atoms with E-state index >= 15 is 0 Å². The smallest absolute Gasteiger partial charge is 0.419 e. The molecule has 0 spiro atoms. The van der Waals surface area contributed by atoms with Gasteiger partial charge in [0.15, 0.2) is 0 Å². The molecular formula is C16H18F3N3O4. The predicted octanol–water partition coefficient (Wildman–Crippen LogP) is 2.48. The highest BCUT2D eigenvalue weighted by molar-refractivity contribution is 5.87. The van der Waals surface area contributed by atoms with Crippen LogP contribution in [-0.2, 0) is 15.7 Å². The fourth-order valence-corrected chi connectivity index (χ4v) is 2.69. The third-order valence-corrected chi connectivity index (χ3v) is 3.98. The zero-order valence-corrected chi connectivity index (χ0v) is 14.2. The lowest BCUT2D eigenvalue weighted by molar-refractivity contribution is -0.137. The second-order valence-corrected chi connectivity index (χ2v) is 5.77. The van der Waals surface area contributed by atoms with E-state index in [1.165, 1.54) is 22.1 Å². The molecule has 1 N–H and O–H groups in total. The number of amides is 1. The Morgan fingerprint density at radius 1 is 1.38 bits per heavy atom. The van der Waals surface area contributed by atoms with Crippen LogP contribution in [0.2, 0.25) is 0 Å². The van der Waals surface area contributed by atoms with Crippen molar-refractivity contribution in [1.29, 1.82) is 0 Å². The number of carboxylic acid groups (broad SMARTS) is 1. The van der Waals surface area contributed by atoms with E-state index in [-0.39, 0.29) is 31.0 Å². The lowest BCUT2D eigenvalue weighted by Crippen LogP contribution is -2.54. The number of methoxy groups -OCH3 is 1. The van der Waals surface area contributed by atoms with E-state index in [4.69, 9.17) is 5.11 Å². The van der Waals surface area contributed by atoms with E-state index < -0.39 is 29.8 Å². The van der Waals surface area contributed by atoms with Gasteiger partial charge >= 0.3 is 18.2 Å². The van der Waals surface area contributed by atoms with Crippen molar-refractivity contribution in [3.8, 4) is 0 Å². The third kappa shape index (κ3) is 4.44. The molecular weight excluding hydrogens is 355 g/mol. The summed E-state index contributed by atoms with van der Waals surface area (Å²) in [5.74, 6) is -0.953. The Morgan fingerprint density at radius 2 is 2.08 bits per heavy atom. The van der Waals surface area contributed by atoms with E-state index in [1.54, 1.807) is 6.92 Å². The minimum absolute atomic E-state index is 0.0828. The van der Waals surface area contributed by atoms with Crippen LogP contribution in [0.25, 0.3) is 6.08 Å². The highest BCUT2D eigenvalue weighted by Crippen LogP contribution is 2.36. The molecule has 0 radical (unpaired) electrons. The van der Waals surface area contributed by atoms with Gasteiger partial charge in [-0.05, 0) is 24.6 Å². The van der Waals surface area contributed by atoms with Crippen LogP contribution in [-0.4, -0.2) is 59.8 Å². The van der Waals surface area contributed by atoms with Crippen molar-refractivity contribution in [1.82, 2.24) is 9.88 Å². The Bertz CT molecular complexity index is 721. The van der Waals surface area contributed by atoms with Gasteiger partial charge in [-0.25, -0.2) is 14.6 Å². The normalized spacial score (nSPS) is 18.3. The van der Waals surface area contributed by atoms with Crippen LogP contribution in [0.5, 0.6) is 0 Å². The number of carbonyl (C=O) groups is 2. The van der Waals surface area contributed by atoms with Crippen LogP contribution in [0.3, 0.4) is 0 Å². The molecule has 10 heteroatoms. The van der Waals surface area contributed by atoms with Gasteiger partial charge in [-0.2, -0.15) is 13.2 Å². The summed E-state index contributed by atoms with van der Waals surface area (Å²) in [5.41, 5.74) is -0.843. The summed E-state index contributed by atoms with van der Waals surface area (Å²) in [4.78, 5) is 28.7. The molecule has 1 aromatic rings. The summed E-state index contributed by atoms with van der Waals surface area (Å²) >= 11 is 0. The SMILES string of the molecule is COC(=O)C=Cc1cnc(N2CCN(C(=O)O)[C@H](C)C2)c(C(F)(F)F)c1. The molecule has 2 heterocycles. The minimum atomic E-state index is -4.65. The molecule has 0 unspecified atom stereocenters. The van der Waals surface area contributed by atoms with Crippen LogP contribution in [0.1, 0.15) is 18.1 Å². The topological polar surface area (TPSA) is 83.0 Å². The number of nitrogens with zero attached hydrogens (tertiary/aromatic N) is 3. The first-order valence-electron chi connectivity index (χ1n) is 7.71. The molecule has 0 aromatic carbocycles. The van der Waals surface area contributed by atoms with Gasteiger partial charge in [0.2, 0.25) is 0 Å². The zero-order valence-electron chi connectivity index (χ0n) is 14.2. The minimum Gasteiger partial charge on any atom is -0.466 e. The number of rotatable bonds is 3. The number of carbonyl (C=O) groups excluding carboxylic acids is 1. The second kappa shape index (κ2) is 7.63. The van der Waals surface area contributed by atoms with E-state index in [2.05, 4.69) is 9.72 Å². The number of piperazine rings is 1. The van der Waals surface area contributed by atoms with E-state index in [0.29, 0.717) is 0 Å². The maximum Gasteiger partial charge on any atom is 0.419 e. The van der Waals surface area contributed by atoms with Gasteiger partial charge in [-0.1, -0.05) is 0 Å². The van der Waals surface area contributed by atoms with Crippen molar-refractivity contribution in [2.75, 3.05) is 31.6 Å². The molecule has 0 saturated carbocycles. The highest BCUT2D eigenvalue weighted by atomic mass is 19.4. The van der Waals surface area contributed by atoms with Crippen LogP contribution in [0, 0.1) is 0 Å². The summed E-state index contributed by atoms with van der Waals surface area (Å²) in [7, 11) is 1.16. The summed E-state index contributed by atoms with van der Waals surface area (Å²) in [6, 6.07) is 0.429. The van der Waals surface area contributed by atoms with Gasteiger partial charge in [0.25, 0.3) is 0 Å². The lowest BCUT2D eigenvalue weighted by Gasteiger charge is -2.39. The van der Waals surface area contributed by atoms with Crippen LogP contribution < -0.4 is 4.90 Å². The van der Waals surface area contributed by atoms with Crippen molar-refractivity contribution < 1.29 is 32.6 Å². The van der Waals surface area contributed by atoms with Crippen molar-refractivity contribution in [3.05, 3.63) is 29.5 Å². The number of alkyl halides is 3. The molecule has 2 rings (SSSR count). The average molecular weight is 373 g/mol. The van der Waals surface area contributed by atoms with Gasteiger partial charge in [-0.15, -0.1) is 0 Å². The maximum absolute atomic E-state index is 13.5. The zero-order chi connectivity index (χ0) is 19.5. The summed E-state index contributed by atoms with van der Waals surface area (Å²) < 4.78 is 44.8. The van der Waals surface area contributed by atoms with Gasteiger partial charge < -0.3 is 19.6 Å². The molecule has 1 saturated heterocycles. The average Bonchev–Trinajstić information content (AvgIpc) is 2.58. The molecule has 1 atom stereocenters. The van der Waals surface area contributed by atoms with Crippen molar-refractivity contribution in [2.24, 2.45) is 0 Å². The molecule has 1 amide bonds. The first-order valence-corrected chi connectivity index (χ1v) is 7.71. The van der Waals surface area contributed by atoms with Gasteiger partial charge in [0.05, 0.1) is 12.7 Å². The van der Waals surface area contributed by atoms with E-state index in [9.17, 15) is 22.8 Å². The van der Waals surface area contributed by atoms with Crippen molar-refractivity contribution >= 4 is 24.0 Å². The Kier molecular flexibility index (Phi) is 5.73. The number of halogens is 3. The Balaban J connectivity index is 2.32. The second-order valence-electron chi connectivity index (χ2n) is 5.77. The number of anilines is 1. The molecule has 7 nitrogen and oxygen atoms in total. The summed E-state index contributed by atoms with van der Waals surface area (Å²) in [5, 5.41) is 9.08. The standard InChI is InChI=1S/C16H18F3N3O4/c1-10-9-21(5-6-22(10)15(24)25)14-12(16(17,18)19)7-11(8-20-14)3-4-13(23)26-2/h3-4,7-8,10H,5-6,9H2,1-2H3,(H,24,25)/t10-/m1/s1. The quantitative estimate of drug-likeness (QED) is 0.647. The number of esters is 1. The van der Waals surface area contributed by atoms with Crippen LogP contribution >= 0.6 is 0 Å². The molecule has 1 aliphatic rings. The largest absolute Gasteiger partial charge is 0.466 e. The molecule has 142 valence electrons. The maximum atomic E-state index is 13.5. The number of ether oxygens (including phenoxy) is 1. The number of pyridine rings is 1. The molecule has 26 heavy (non-hydrogen) atoms. The van der Waals surface area contributed by atoms with Crippen molar-refractivity contribution in [2.45, 2.75) is 19.1 Å². The highest BCUT2D eigenvalue weighted by Gasteiger charge is 2.38. The van der Waals surface area contributed by atoms with Gasteiger partial charge in [0, 0.05) is 37.9 Å². The lowest BCUT2D eigenvalue weighted by atomic mass is 10.1. The Labute approximate surface area is 147 Å². The number of hydrogen-bond acceptors (Lipinski definition) is 5. The Hall–Kier alpha value is -2.78. The van der Waals surface area contributed by atoms with E-state index in [0.717, 1.165) is 19.3 Å². The summed E-state index contributed by atoms with van der Waals surface area (Å²) in [6.45, 7) is 1.91. The van der Waals surface area contributed by atoms with Crippen LogP contribution in [0.15, 0.2) is 18.3 Å². The summed E-state index contributed by atoms with van der Waals surface area (Å²) in [6.07, 6.45) is -2.35. The van der Waals surface area contributed by atoms with E-state index in [1.807, 2.05) is 0 Å². The Morgan fingerprint density at radius 3 is 2.62 bits per heavy atom. The fraction of sp³-hybridized carbons (Fsp3) is 0.438. The first kappa shape index (κ1) is 19.5. The third-order valence-electron chi connectivity index (χ3n) is 3.98. The van der Waals surface area contributed by atoms with Crippen LogP contribution in [0.4, 0.5) is 23.8 Å². The van der Waals surface area contributed by atoms with Gasteiger partial charge in [0.1, 0.15) is 5.82 Å². The molecule has 1 fully saturated rings. The molecule has 0 bridgehead atoms. The molecule has 1 aromatic heterocycles. The molecule has 0 aliphatic carbocycles. The fourth-order valence-electron chi connectivity index (χ4n) is 2.69. The first-order chi connectivity index (χ1) is 12.1. The number of hydrogen-bond donors (Lipinski definition) is 1. The molecule has 1 aliphatic heterocycles. The monoisotopic (exact) mass is 373 g/mol. The number of aromatic nitrogens is 1.